The molecule has 2 fully saturated rings. The maximum atomic E-state index is 6.69. The first-order valence-corrected chi connectivity index (χ1v) is 8.13. The van der Waals surface area contributed by atoms with Crippen molar-refractivity contribution in [3.8, 4) is 0 Å². The summed E-state index contributed by atoms with van der Waals surface area (Å²) in [6.07, 6.45) is 10.3. The quantitative estimate of drug-likeness (QED) is 0.887. The van der Waals surface area contributed by atoms with Crippen LogP contribution in [0.15, 0.2) is 6.33 Å². The van der Waals surface area contributed by atoms with Gasteiger partial charge >= 0.3 is 0 Å². The number of aryl methyl sites for hydroxylation is 1. The Kier molecular flexibility index (Phi) is 4.08. The molecule has 0 aromatic carbocycles. The third-order valence-electron chi connectivity index (χ3n) is 5.29. The van der Waals surface area contributed by atoms with Crippen LogP contribution in [0, 0.1) is 0 Å². The highest BCUT2D eigenvalue weighted by atomic mass is 15.3. The Balaban J connectivity index is 1.77. The Morgan fingerprint density at radius 3 is 2.60 bits per heavy atom. The number of rotatable bonds is 5. The fourth-order valence-electron chi connectivity index (χ4n) is 4.17. The van der Waals surface area contributed by atoms with Crippen molar-refractivity contribution in [2.45, 2.75) is 70.0 Å². The zero-order chi connectivity index (χ0) is 14.0. The molecule has 1 saturated carbocycles. The molecule has 0 bridgehead atoms. The van der Waals surface area contributed by atoms with Crippen molar-refractivity contribution < 1.29 is 0 Å². The summed E-state index contributed by atoms with van der Waals surface area (Å²) >= 11 is 0. The normalized spacial score (nSPS) is 24.3. The predicted octanol–water partition coefficient (Wildman–Crippen LogP) is 1.58. The molecule has 0 amide bonds. The Labute approximate surface area is 121 Å². The van der Waals surface area contributed by atoms with E-state index in [2.05, 4.69) is 21.9 Å². The van der Waals surface area contributed by atoms with Gasteiger partial charge in [-0.25, -0.2) is 4.98 Å². The largest absolute Gasteiger partial charge is 0.326 e. The molecule has 1 atom stereocenters. The van der Waals surface area contributed by atoms with Gasteiger partial charge < -0.3 is 5.73 Å². The number of hydrogen-bond acceptors (Lipinski definition) is 4. The summed E-state index contributed by atoms with van der Waals surface area (Å²) in [6.45, 7) is 5.44. The molecule has 1 unspecified atom stereocenters. The lowest BCUT2D eigenvalue weighted by atomic mass is 9.84. The maximum Gasteiger partial charge on any atom is 0.138 e. The van der Waals surface area contributed by atoms with E-state index in [1.807, 2.05) is 4.68 Å². The van der Waals surface area contributed by atoms with E-state index < -0.39 is 0 Å². The van der Waals surface area contributed by atoms with Crippen molar-refractivity contribution >= 4 is 0 Å². The van der Waals surface area contributed by atoms with Crippen molar-refractivity contribution in [2.75, 3.05) is 13.1 Å². The second-order valence-corrected chi connectivity index (χ2v) is 6.31. The monoisotopic (exact) mass is 277 g/mol. The zero-order valence-corrected chi connectivity index (χ0v) is 12.6. The number of hydrogen-bond donors (Lipinski definition) is 1. The van der Waals surface area contributed by atoms with E-state index in [4.69, 9.17) is 5.73 Å². The van der Waals surface area contributed by atoms with Crippen molar-refractivity contribution in [1.82, 2.24) is 19.7 Å². The van der Waals surface area contributed by atoms with Gasteiger partial charge in [-0.15, -0.1) is 0 Å². The van der Waals surface area contributed by atoms with Crippen LogP contribution in [0.25, 0.3) is 0 Å². The molecule has 2 aliphatic rings. The van der Waals surface area contributed by atoms with Crippen LogP contribution in [-0.2, 0) is 13.0 Å². The van der Waals surface area contributed by atoms with E-state index in [0.29, 0.717) is 0 Å². The summed E-state index contributed by atoms with van der Waals surface area (Å²) in [5.41, 5.74) is 6.91. The Morgan fingerprint density at radius 1 is 1.25 bits per heavy atom. The lowest BCUT2D eigenvalue weighted by Gasteiger charge is -2.43. The molecule has 2 heterocycles. The van der Waals surface area contributed by atoms with Crippen molar-refractivity contribution in [1.29, 1.82) is 0 Å². The van der Waals surface area contributed by atoms with Gasteiger partial charge in [0.2, 0.25) is 0 Å². The fourth-order valence-corrected chi connectivity index (χ4v) is 4.17. The van der Waals surface area contributed by atoms with Crippen LogP contribution < -0.4 is 5.73 Å². The van der Waals surface area contributed by atoms with E-state index >= 15 is 0 Å². The van der Waals surface area contributed by atoms with Gasteiger partial charge in [-0.2, -0.15) is 5.10 Å². The van der Waals surface area contributed by atoms with Crippen molar-refractivity contribution in [3.63, 3.8) is 0 Å². The minimum absolute atomic E-state index is 0.178. The van der Waals surface area contributed by atoms with Crippen LogP contribution in [0.4, 0.5) is 0 Å². The van der Waals surface area contributed by atoms with Gasteiger partial charge in [0.05, 0.1) is 0 Å². The molecule has 5 heteroatoms. The molecule has 1 saturated heterocycles. The third-order valence-corrected chi connectivity index (χ3v) is 5.29. The molecule has 1 aromatic rings. The minimum atomic E-state index is 0.178. The summed E-state index contributed by atoms with van der Waals surface area (Å²) in [7, 11) is 0. The van der Waals surface area contributed by atoms with Gasteiger partial charge in [0.25, 0.3) is 0 Å². The van der Waals surface area contributed by atoms with E-state index in [1.54, 1.807) is 6.33 Å². The van der Waals surface area contributed by atoms with E-state index in [-0.39, 0.29) is 11.6 Å². The summed E-state index contributed by atoms with van der Waals surface area (Å²) in [4.78, 5) is 7.09. The van der Waals surface area contributed by atoms with Crippen LogP contribution in [0.5, 0.6) is 0 Å². The first-order valence-electron chi connectivity index (χ1n) is 8.13. The summed E-state index contributed by atoms with van der Waals surface area (Å²) < 4.78 is 1.98. The molecule has 112 valence electrons. The molecular formula is C15H27N5. The van der Waals surface area contributed by atoms with Gasteiger partial charge in [0.15, 0.2) is 0 Å². The smallest absolute Gasteiger partial charge is 0.138 e. The Morgan fingerprint density at radius 2 is 1.95 bits per heavy atom. The van der Waals surface area contributed by atoms with Crippen LogP contribution in [0.2, 0.25) is 0 Å². The molecule has 3 rings (SSSR count). The molecule has 2 N–H and O–H groups in total. The summed E-state index contributed by atoms with van der Waals surface area (Å²) in [5, 5.41) is 4.27. The fraction of sp³-hybridized carbons (Fsp3) is 0.867. The zero-order valence-electron chi connectivity index (χ0n) is 12.6. The number of aromatic nitrogens is 3. The van der Waals surface area contributed by atoms with Crippen LogP contribution in [0.1, 0.15) is 51.3 Å². The lowest BCUT2D eigenvalue weighted by Crippen LogP contribution is -2.58. The first kappa shape index (κ1) is 14.0. The lowest BCUT2D eigenvalue weighted by molar-refractivity contribution is 0.0910. The molecule has 5 nitrogen and oxygen atoms in total. The molecule has 1 aromatic heterocycles. The van der Waals surface area contributed by atoms with E-state index in [0.717, 1.165) is 18.8 Å². The van der Waals surface area contributed by atoms with Gasteiger partial charge in [0, 0.05) is 24.5 Å². The van der Waals surface area contributed by atoms with E-state index in [9.17, 15) is 0 Å². The topological polar surface area (TPSA) is 60.0 Å². The van der Waals surface area contributed by atoms with Gasteiger partial charge in [-0.3, -0.25) is 9.58 Å². The number of nitrogens with two attached hydrogens (primary N) is 1. The second-order valence-electron chi connectivity index (χ2n) is 6.31. The molecule has 20 heavy (non-hydrogen) atoms. The SMILES string of the molecule is CCn1ncnc1CC(N)C1(N2CCCC2)CCCC1. The highest BCUT2D eigenvalue weighted by Gasteiger charge is 2.45. The van der Waals surface area contributed by atoms with Gasteiger partial charge in [-0.1, -0.05) is 12.8 Å². The third kappa shape index (κ3) is 2.37. The molecule has 1 aliphatic carbocycles. The molecular weight excluding hydrogens is 250 g/mol. The highest BCUT2D eigenvalue weighted by Crippen LogP contribution is 2.40. The molecule has 1 aliphatic heterocycles. The molecule has 0 spiro atoms. The Bertz CT molecular complexity index is 429. The van der Waals surface area contributed by atoms with E-state index in [1.165, 1.54) is 51.6 Å². The van der Waals surface area contributed by atoms with Crippen molar-refractivity contribution in [3.05, 3.63) is 12.2 Å². The van der Waals surface area contributed by atoms with Crippen LogP contribution >= 0.6 is 0 Å². The maximum absolute atomic E-state index is 6.69. The summed E-state index contributed by atoms with van der Waals surface area (Å²) in [6, 6.07) is 0.178. The average Bonchev–Trinajstić information content (AvgIpc) is 3.19. The second kappa shape index (κ2) is 5.82. The standard InChI is InChI=1S/C15H27N5/c1-2-20-14(17-12-18-20)11-13(16)15(7-3-4-8-15)19-9-5-6-10-19/h12-13H,2-11,16H2,1H3. The number of likely N-dealkylation sites (tertiary alicyclic amines) is 1. The van der Waals surface area contributed by atoms with Crippen molar-refractivity contribution in [2.24, 2.45) is 5.73 Å². The predicted molar refractivity (Wildman–Crippen MR) is 79.4 cm³/mol. The van der Waals surface area contributed by atoms with Gasteiger partial charge in [-0.05, 0) is 45.7 Å². The Hall–Kier alpha value is -0.940. The minimum Gasteiger partial charge on any atom is -0.326 e. The van der Waals surface area contributed by atoms with Gasteiger partial charge in [0.1, 0.15) is 12.2 Å². The highest BCUT2D eigenvalue weighted by molar-refractivity contribution is 5.07. The summed E-state index contributed by atoms with van der Waals surface area (Å²) in [5.74, 6) is 1.05. The molecule has 0 radical (unpaired) electrons. The first-order chi connectivity index (χ1) is 9.76. The van der Waals surface area contributed by atoms with Crippen LogP contribution in [0.3, 0.4) is 0 Å². The number of nitrogens with zero attached hydrogens (tertiary/aromatic N) is 4. The average molecular weight is 277 g/mol. The van der Waals surface area contributed by atoms with Crippen LogP contribution in [-0.4, -0.2) is 44.3 Å².